The number of nitrogens with one attached hydrogen (secondary N) is 1. The van der Waals surface area contributed by atoms with Crippen molar-refractivity contribution >= 4 is 55.0 Å². The summed E-state index contributed by atoms with van der Waals surface area (Å²) in [5, 5.41) is 6.17. The Labute approximate surface area is 188 Å². The van der Waals surface area contributed by atoms with Gasteiger partial charge in [0.2, 0.25) is 5.91 Å². The van der Waals surface area contributed by atoms with Crippen molar-refractivity contribution in [2.75, 3.05) is 37.0 Å². The number of thiazole rings is 2. The van der Waals surface area contributed by atoms with E-state index in [0.29, 0.717) is 17.4 Å². The fourth-order valence-electron chi connectivity index (χ4n) is 3.50. The van der Waals surface area contributed by atoms with Crippen molar-refractivity contribution in [1.82, 2.24) is 9.97 Å². The molecule has 1 aliphatic heterocycles. The van der Waals surface area contributed by atoms with Gasteiger partial charge in [-0.05, 0) is 38.0 Å². The lowest BCUT2D eigenvalue weighted by atomic mass is 9.96. The summed E-state index contributed by atoms with van der Waals surface area (Å²) in [6.07, 6.45) is 1.63. The van der Waals surface area contributed by atoms with E-state index < -0.39 is 0 Å². The lowest BCUT2D eigenvalue weighted by Crippen LogP contribution is -2.38. The third kappa shape index (κ3) is 5.13. The first kappa shape index (κ1) is 21.5. The van der Waals surface area contributed by atoms with E-state index in [4.69, 9.17) is 14.5 Å². The average molecular weight is 461 g/mol. The van der Waals surface area contributed by atoms with Crippen molar-refractivity contribution in [3.05, 3.63) is 29.3 Å². The second-order valence-corrected chi connectivity index (χ2v) is 9.07. The van der Waals surface area contributed by atoms with Crippen LogP contribution in [0.25, 0.3) is 10.2 Å². The zero-order chi connectivity index (χ0) is 21.8. The quantitative estimate of drug-likeness (QED) is 0.537. The number of amides is 1. The summed E-state index contributed by atoms with van der Waals surface area (Å²) >= 11 is 2.97. The number of esters is 1. The maximum atomic E-state index is 12.7. The van der Waals surface area contributed by atoms with Crippen LogP contribution >= 0.6 is 22.7 Å². The van der Waals surface area contributed by atoms with E-state index in [1.807, 2.05) is 18.2 Å². The molecule has 31 heavy (non-hydrogen) atoms. The monoisotopic (exact) mass is 460 g/mol. The summed E-state index contributed by atoms with van der Waals surface area (Å²) in [5.74, 6) is 0.422. The molecule has 10 heteroatoms. The topological polar surface area (TPSA) is 93.7 Å². The molecular formula is C21H24N4O4S2. The predicted molar refractivity (Wildman–Crippen MR) is 122 cm³/mol. The Morgan fingerprint density at radius 2 is 2.06 bits per heavy atom. The second kappa shape index (κ2) is 9.61. The maximum Gasteiger partial charge on any atom is 0.311 e. The summed E-state index contributed by atoms with van der Waals surface area (Å²) in [7, 11) is 1.66. The van der Waals surface area contributed by atoms with E-state index in [-0.39, 0.29) is 24.2 Å². The highest BCUT2D eigenvalue weighted by atomic mass is 32.1. The van der Waals surface area contributed by atoms with Gasteiger partial charge in [-0.15, -0.1) is 11.3 Å². The zero-order valence-corrected chi connectivity index (χ0v) is 19.1. The molecule has 0 unspecified atom stereocenters. The van der Waals surface area contributed by atoms with E-state index in [9.17, 15) is 9.59 Å². The van der Waals surface area contributed by atoms with Crippen LogP contribution in [0.15, 0.2) is 23.6 Å². The van der Waals surface area contributed by atoms with Crippen LogP contribution < -0.4 is 15.0 Å². The van der Waals surface area contributed by atoms with E-state index in [0.717, 1.165) is 47.0 Å². The Bertz CT molecular complexity index is 1070. The van der Waals surface area contributed by atoms with Gasteiger partial charge in [-0.1, -0.05) is 11.3 Å². The summed E-state index contributed by atoms with van der Waals surface area (Å²) in [6.45, 7) is 3.67. The molecule has 0 spiro atoms. The molecule has 2 aromatic heterocycles. The number of hydrogen-bond donors (Lipinski definition) is 1. The molecule has 0 atom stereocenters. The number of methoxy groups -OCH3 is 1. The minimum Gasteiger partial charge on any atom is -0.497 e. The number of rotatable bonds is 7. The lowest BCUT2D eigenvalue weighted by Gasteiger charge is -2.30. The summed E-state index contributed by atoms with van der Waals surface area (Å²) < 4.78 is 11.3. The Morgan fingerprint density at radius 3 is 2.81 bits per heavy atom. The van der Waals surface area contributed by atoms with Gasteiger partial charge in [-0.3, -0.25) is 9.59 Å². The highest BCUT2D eigenvalue weighted by Gasteiger charge is 2.27. The van der Waals surface area contributed by atoms with Crippen LogP contribution in [0.4, 0.5) is 10.3 Å². The van der Waals surface area contributed by atoms with Gasteiger partial charge < -0.3 is 19.7 Å². The number of aromatic nitrogens is 2. The second-order valence-electron chi connectivity index (χ2n) is 7.21. The number of fused-ring (bicyclic) bond motifs is 1. The molecule has 164 valence electrons. The molecule has 4 rings (SSSR count). The molecule has 1 aliphatic rings. The van der Waals surface area contributed by atoms with Gasteiger partial charge in [0.05, 0.1) is 36.0 Å². The van der Waals surface area contributed by atoms with Gasteiger partial charge in [-0.25, -0.2) is 9.97 Å². The van der Waals surface area contributed by atoms with Crippen molar-refractivity contribution in [2.24, 2.45) is 5.92 Å². The van der Waals surface area contributed by atoms with E-state index in [2.05, 4.69) is 15.2 Å². The highest BCUT2D eigenvalue weighted by molar-refractivity contribution is 7.22. The molecule has 1 aromatic carbocycles. The Balaban J connectivity index is 1.31. The fraction of sp³-hybridized carbons (Fsp3) is 0.429. The maximum absolute atomic E-state index is 12.7. The molecule has 1 amide bonds. The molecule has 3 heterocycles. The van der Waals surface area contributed by atoms with Gasteiger partial charge in [0.25, 0.3) is 0 Å². The van der Waals surface area contributed by atoms with Gasteiger partial charge >= 0.3 is 5.97 Å². The minimum absolute atomic E-state index is 0.0225. The number of nitrogens with zero attached hydrogens (tertiary/aromatic N) is 3. The number of benzene rings is 1. The molecule has 0 aliphatic carbocycles. The molecule has 3 aromatic rings. The summed E-state index contributed by atoms with van der Waals surface area (Å²) in [6, 6.07) is 5.89. The van der Waals surface area contributed by atoms with E-state index >= 15 is 0 Å². The van der Waals surface area contributed by atoms with Crippen LogP contribution in [0.3, 0.4) is 0 Å². The number of carbonyl (C=O) groups is 2. The molecular weight excluding hydrogens is 436 g/mol. The number of hydrogen-bond acceptors (Lipinski definition) is 9. The van der Waals surface area contributed by atoms with Crippen LogP contribution in [-0.2, 0) is 20.7 Å². The zero-order valence-electron chi connectivity index (χ0n) is 17.4. The van der Waals surface area contributed by atoms with Crippen LogP contribution in [0, 0.1) is 5.92 Å². The molecule has 8 nitrogen and oxygen atoms in total. The van der Waals surface area contributed by atoms with Crippen LogP contribution in [0.5, 0.6) is 5.75 Å². The minimum atomic E-state index is -0.314. The lowest BCUT2D eigenvalue weighted by molar-refractivity contribution is -0.142. The highest BCUT2D eigenvalue weighted by Crippen LogP contribution is 2.33. The standard InChI is InChI=1S/C21H24N4O4S2/c1-3-29-18(26)10-14-12-30-20(22-14)24-19(27)13-6-8-25(9-7-13)21-23-16-5-4-15(28-2)11-17(16)31-21/h4-5,11-13H,3,6-10H2,1-2H3,(H,22,24,27). The van der Waals surface area contributed by atoms with Crippen molar-refractivity contribution in [3.63, 3.8) is 0 Å². The van der Waals surface area contributed by atoms with E-state index in [1.54, 1.807) is 30.8 Å². The third-order valence-corrected chi connectivity index (χ3v) is 7.02. The van der Waals surface area contributed by atoms with E-state index in [1.165, 1.54) is 11.3 Å². The Morgan fingerprint density at radius 1 is 1.26 bits per heavy atom. The largest absolute Gasteiger partial charge is 0.497 e. The van der Waals surface area contributed by atoms with Crippen LogP contribution in [0.2, 0.25) is 0 Å². The molecule has 0 bridgehead atoms. The SMILES string of the molecule is CCOC(=O)Cc1csc(NC(=O)C2CCN(c3nc4ccc(OC)cc4s3)CC2)n1. The first-order valence-electron chi connectivity index (χ1n) is 10.2. The molecule has 1 N–H and O–H groups in total. The molecule has 1 saturated heterocycles. The van der Waals surface area contributed by atoms with Crippen LogP contribution in [0.1, 0.15) is 25.5 Å². The van der Waals surface area contributed by atoms with Crippen molar-refractivity contribution in [1.29, 1.82) is 0 Å². The normalized spacial score (nSPS) is 14.6. The van der Waals surface area contributed by atoms with Crippen molar-refractivity contribution in [2.45, 2.75) is 26.2 Å². The van der Waals surface area contributed by atoms with Crippen LogP contribution in [-0.4, -0.2) is 48.7 Å². The number of anilines is 2. The molecule has 0 radical (unpaired) electrons. The Kier molecular flexibility index (Phi) is 6.67. The smallest absolute Gasteiger partial charge is 0.311 e. The fourth-order valence-corrected chi connectivity index (χ4v) is 5.26. The molecule has 1 fully saturated rings. The average Bonchev–Trinajstić information content (AvgIpc) is 3.40. The number of carbonyl (C=O) groups excluding carboxylic acids is 2. The Hall–Kier alpha value is -2.72. The predicted octanol–water partition coefficient (Wildman–Crippen LogP) is 3.72. The first-order valence-corrected chi connectivity index (χ1v) is 11.9. The van der Waals surface area contributed by atoms with Crippen molar-refractivity contribution in [3.8, 4) is 5.75 Å². The summed E-state index contributed by atoms with van der Waals surface area (Å²) in [4.78, 5) is 35.5. The third-order valence-electron chi connectivity index (χ3n) is 5.13. The van der Waals surface area contributed by atoms with Gasteiger partial charge in [0.15, 0.2) is 10.3 Å². The van der Waals surface area contributed by atoms with Crippen molar-refractivity contribution < 1.29 is 19.1 Å². The first-order chi connectivity index (χ1) is 15.1. The number of ether oxygens (including phenoxy) is 2. The van der Waals surface area contributed by atoms with Gasteiger partial charge in [0.1, 0.15) is 5.75 Å². The van der Waals surface area contributed by atoms with Gasteiger partial charge in [-0.2, -0.15) is 0 Å². The molecule has 0 saturated carbocycles. The number of piperidine rings is 1. The summed E-state index contributed by atoms with van der Waals surface area (Å²) in [5.41, 5.74) is 1.57. The van der Waals surface area contributed by atoms with Gasteiger partial charge in [0, 0.05) is 24.4 Å².